The minimum Gasteiger partial charge on any atom is -0.369 e. The van der Waals surface area contributed by atoms with Crippen LogP contribution in [0.15, 0.2) is 36.5 Å². The molecule has 10 heteroatoms. The Labute approximate surface area is 176 Å². The van der Waals surface area contributed by atoms with Crippen molar-refractivity contribution >= 4 is 44.8 Å². The summed E-state index contributed by atoms with van der Waals surface area (Å²) in [5.41, 5.74) is 3.02. The summed E-state index contributed by atoms with van der Waals surface area (Å²) in [4.78, 5) is 15.0. The second-order valence-electron chi connectivity index (χ2n) is 7.93. The third kappa shape index (κ3) is 3.56. The van der Waals surface area contributed by atoms with Crippen molar-refractivity contribution in [3.8, 4) is 0 Å². The maximum atomic E-state index is 5.24. The molecule has 1 atom stereocenters. The Morgan fingerprint density at radius 2 is 1.90 bits per heavy atom. The molecule has 0 bridgehead atoms. The van der Waals surface area contributed by atoms with Gasteiger partial charge >= 0.3 is 0 Å². The lowest BCUT2D eigenvalue weighted by Gasteiger charge is -2.29. The van der Waals surface area contributed by atoms with Gasteiger partial charge in [0.2, 0.25) is 5.95 Å². The Hall–Kier alpha value is -2.53. The number of hydrogen-bond acceptors (Lipinski definition) is 8. The first-order chi connectivity index (χ1) is 14.8. The molecule has 3 aliphatic heterocycles. The summed E-state index contributed by atoms with van der Waals surface area (Å²) >= 11 is 0. The van der Waals surface area contributed by atoms with Gasteiger partial charge in [-0.25, -0.2) is 0 Å². The van der Waals surface area contributed by atoms with Crippen molar-refractivity contribution in [2.75, 3.05) is 53.2 Å². The van der Waals surface area contributed by atoms with Crippen molar-refractivity contribution in [2.45, 2.75) is 12.5 Å². The summed E-state index contributed by atoms with van der Waals surface area (Å²) in [5.74, 6) is 3.32. The Morgan fingerprint density at radius 3 is 2.67 bits per heavy atom. The molecule has 3 saturated heterocycles. The molecule has 9 nitrogen and oxygen atoms in total. The molecular weight excluding hydrogens is 402 g/mol. The zero-order chi connectivity index (χ0) is 20.0. The Kier molecular flexibility index (Phi) is 4.45. The molecule has 3 fully saturated rings. The summed E-state index contributed by atoms with van der Waals surface area (Å²) < 4.78 is 10.5. The molecule has 1 spiro atoms. The first kappa shape index (κ1) is 18.3. The highest BCUT2D eigenvalue weighted by molar-refractivity contribution is 8.29. The van der Waals surface area contributed by atoms with Crippen LogP contribution in [0.4, 0.5) is 23.1 Å². The number of aromatic nitrogens is 3. The number of aromatic amines is 1. The van der Waals surface area contributed by atoms with Gasteiger partial charge in [0, 0.05) is 55.5 Å². The van der Waals surface area contributed by atoms with Gasteiger partial charge in [-0.1, -0.05) is 0 Å². The zero-order valence-electron chi connectivity index (χ0n) is 16.6. The summed E-state index contributed by atoms with van der Waals surface area (Å²) in [6.45, 7) is 4.13. The number of fused-ring (bicyclic) bond motifs is 1. The first-order valence-electron chi connectivity index (χ1n) is 10.4. The van der Waals surface area contributed by atoms with Crippen molar-refractivity contribution in [3.63, 3.8) is 0 Å². The number of hydrogen-bond donors (Lipinski definition) is 4. The Bertz CT molecular complexity index is 1050. The minimum absolute atomic E-state index is 0.307. The van der Waals surface area contributed by atoms with Crippen LogP contribution >= 0.6 is 10.6 Å². The molecule has 0 radical (unpaired) electrons. The van der Waals surface area contributed by atoms with E-state index in [-0.39, 0.29) is 0 Å². The number of piperazine rings is 1. The molecule has 0 saturated carbocycles. The van der Waals surface area contributed by atoms with Gasteiger partial charge in [0.05, 0.1) is 11.1 Å². The average molecular weight is 428 g/mol. The molecule has 30 heavy (non-hydrogen) atoms. The van der Waals surface area contributed by atoms with E-state index in [1.54, 1.807) is 0 Å². The maximum absolute atomic E-state index is 5.24. The number of rotatable bonds is 5. The highest BCUT2D eigenvalue weighted by Crippen LogP contribution is 2.69. The molecule has 5 heterocycles. The van der Waals surface area contributed by atoms with Crippen LogP contribution in [0.25, 0.3) is 11.0 Å². The van der Waals surface area contributed by atoms with Gasteiger partial charge < -0.3 is 25.8 Å². The smallest absolute Gasteiger partial charge is 0.231 e. The van der Waals surface area contributed by atoms with E-state index < -0.39 is 10.6 Å². The van der Waals surface area contributed by atoms with Crippen LogP contribution in [0.5, 0.6) is 0 Å². The van der Waals surface area contributed by atoms with Crippen LogP contribution in [0.3, 0.4) is 0 Å². The molecule has 0 amide bonds. The summed E-state index contributed by atoms with van der Waals surface area (Å²) in [6.07, 6.45) is 2.92. The second kappa shape index (κ2) is 7.31. The largest absolute Gasteiger partial charge is 0.369 e. The van der Waals surface area contributed by atoms with Crippen molar-refractivity contribution in [1.82, 2.24) is 20.3 Å². The Balaban J connectivity index is 1.21. The first-order valence-corrected chi connectivity index (χ1v) is 12.2. The highest BCUT2D eigenvalue weighted by atomic mass is 32.3. The topological polar surface area (TPSA) is 106 Å². The molecular formula is C20H25N7O2S. The van der Waals surface area contributed by atoms with Gasteiger partial charge in [-0.05, 0) is 36.8 Å². The minimum atomic E-state index is -1.21. The van der Waals surface area contributed by atoms with Gasteiger partial charge in [-0.2, -0.15) is 9.97 Å². The van der Waals surface area contributed by atoms with Gasteiger partial charge in [0.25, 0.3) is 0 Å². The van der Waals surface area contributed by atoms with E-state index in [0.29, 0.717) is 12.0 Å². The number of nitrogens with zero attached hydrogens (tertiary/aromatic N) is 3. The van der Waals surface area contributed by atoms with Crippen LogP contribution < -0.4 is 20.9 Å². The lowest BCUT2D eigenvalue weighted by atomic mass is 10.2. The zero-order valence-corrected chi connectivity index (χ0v) is 17.4. The van der Waals surface area contributed by atoms with Crippen LogP contribution in [-0.2, 0) is 8.67 Å². The van der Waals surface area contributed by atoms with Crippen LogP contribution in [0, 0.1) is 0 Å². The number of benzene rings is 1. The lowest BCUT2D eigenvalue weighted by Crippen LogP contribution is -2.43. The summed E-state index contributed by atoms with van der Waals surface area (Å²) in [6, 6.07) is 10.8. The van der Waals surface area contributed by atoms with Crippen molar-refractivity contribution in [3.05, 3.63) is 36.5 Å². The van der Waals surface area contributed by atoms with E-state index in [9.17, 15) is 0 Å². The maximum Gasteiger partial charge on any atom is 0.231 e. The van der Waals surface area contributed by atoms with E-state index in [1.807, 2.05) is 12.3 Å². The van der Waals surface area contributed by atoms with Crippen LogP contribution in [-0.4, -0.2) is 58.7 Å². The second-order valence-corrected chi connectivity index (χ2v) is 10.4. The van der Waals surface area contributed by atoms with Gasteiger partial charge in [-0.3, -0.25) is 0 Å². The molecule has 3 aliphatic rings. The molecule has 2 aromatic heterocycles. The molecule has 1 aromatic carbocycles. The molecule has 1 unspecified atom stereocenters. The monoisotopic (exact) mass is 427 g/mol. The van der Waals surface area contributed by atoms with Crippen LogP contribution in [0.1, 0.15) is 6.42 Å². The summed E-state index contributed by atoms with van der Waals surface area (Å²) in [7, 11) is -1.21. The predicted octanol–water partition coefficient (Wildman–Crippen LogP) is 2.89. The normalized spacial score (nSPS) is 23.6. The number of nitrogens with one attached hydrogen (secondary N) is 4. The predicted molar refractivity (Wildman–Crippen MR) is 120 cm³/mol. The molecule has 3 aromatic rings. The van der Waals surface area contributed by atoms with E-state index in [4.69, 9.17) is 13.7 Å². The third-order valence-electron chi connectivity index (χ3n) is 5.86. The number of anilines is 4. The molecule has 0 aliphatic carbocycles. The summed E-state index contributed by atoms with van der Waals surface area (Å²) in [5, 5.41) is 11.3. The molecule has 4 N–H and O–H groups in total. The fourth-order valence-electron chi connectivity index (χ4n) is 4.18. The average Bonchev–Trinajstić information content (AvgIpc) is 3.17. The quantitative estimate of drug-likeness (QED) is 0.364. The molecule has 158 valence electrons. The van der Waals surface area contributed by atoms with E-state index >= 15 is 0 Å². The SMILES string of the molecule is c1cc2c(NC3CCS4(C3)OO4)nc(Nc3ccc(N4CCNCC4)cc3)nc2[nH]1. The van der Waals surface area contributed by atoms with Crippen molar-refractivity contribution < 1.29 is 8.67 Å². The highest BCUT2D eigenvalue weighted by Gasteiger charge is 2.46. The van der Waals surface area contributed by atoms with E-state index in [2.05, 4.69) is 55.1 Å². The standard InChI is InChI=1S/C20H25N7O2S/c1-3-16(27-10-8-21-9-11-27)4-2-14(1)24-20-25-18-17(5-7-22-18)19(26-20)23-15-6-12-30(13-15)28-29-30/h1-5,7,15,21H,6,8-13H2,(H3,22,23,24,25,26). The van der Waals surface area contributed by atoms with Gasteiger partial charge in [-0.15, -0.1) is 19.3 Å². The Morgan fingerprint density at radius 1 is 1.07 bits per heavy atom. The number of H-pyrrole nitrogens is 1. The third-order valence-corrected chi connectivity index (χ3v) is 8.14. The fraction of sp³-hybridized carbons (Fsp3) is 0.400. The van der Waals surface area contributed by atoms with Gasteiger partial charge in [0.15, 0.2) is 0 Å². The lowest BCUT2D eigenvalue weighted by molar-refractivity contribution is 0.0850. The van der Waals surface area contributed by atoms with Crippen LogP contribution in [0.2, 0.25) is 0 Å². The van der Waals surface area contributed by atoms with E-state index in [0.717, 1.165) is 66.6 Å². The van der Waals surface area contributed by atoms with E-state index in [1.165, 1.54) is 5.69 Å². The molecule has 6 rings (SSSR count). The van der Waals surface area contributed by atoms with Crippen molar-refractivity contribution in [2.24, 2.45) is 0 Å². The van der Waals surface area contributed by atoms with Gasteiger partial charge in [0.1, 0.15) is 11.5 Å². The fourth-order valence-corrected chi connectivity index (χ4v) is 6.41. The van der Waals surface area contributed by atoms with Crippen molar-refractivity contribution in [1.29, 1.82) is 0 Å².